The Bertz CT molecular complexity index is 1000. The number of halogens is 1. The molecule has 1 heterocycles. The van der Waals surface area contributed by atoms with Crippen molar-refractivity contribution in [2.45, 2.75) is 0 Å². The monoisotopic (exact) mass is 403 g/mol. The van der Waals surface area contributed by atoms with Gasteiger partial charge in [0.1, 0.15) is 5.75 Å². The second-order valence-electron chi connectivity index (χ2n) is 6.01. The standard InChI is InChI=1S/C23H18BrNO/c1-26-21-13-7-18(8-14-21)23-16-15-22(17-5-3-2-4-6-17)25(23)20-11-9-19(24)10-12-20/h2-16H,1H3. The lowest BCUT2D eigenvalue weighted by Crippen LogP contribution is -1.99. The zero-order valence-electron chi connectivity index (χ0n) is 14.4. The first-order chi connectivity index (χ1) is 12.8. The van der Waals surface area contributed by atoms with Crippen LogP contribution in [0.4, 0.5) is 0 Å². The number of rotatable bonds is 4. The zero-order valence-corrected chi connectivity index (χ0v) is 16.0. The molecule has 0 amide bonds. The third-order valence-electron chi connectivity index (χ3n) is 4.42. The van der Waals surface area contributed by atoms with E-state index in [1.54, 1.807) is 7.11 Å². The van der Waals surface area contributed by atoms with Crippen LogP contribution in [-0.2, 0) is 0 Å². The van der Waals surface area contributed by atoms with Crippen LogP contribution in [0.2, 0.25) is 0 Å². The lowest BCUT2D eigenvalue weighted by atomic mass is 10.1. The molecular formula is C23H18BrNO. The molecule has 0 saturated heterocycles. The Morgan fingerprint density at radius 2 is 1.23 bits per heavy atom. The molecule has 4 aromatic rings. The number of nitrogens with zero attached hydrogens (tertiary/aromatic N) is 1. The van der Waals surface area contributed by atoms with Crippen LogP contribution in [0.3, 0.4) is 0 Å². The molecule has 0 aliphatic rings. The van der Waals surface area contributed by atoms with E-state index in [-0.39, 0.29) is 0 Å². The second kappa shape index (κ2) is 7.22. The number of aromatic nitrogens is 1. The van der Waals surface area contributed by atoms with Crippen LogP contribution in [0, 0.1) is 0 Å². The Labute approximate surface area is 161 Å². The molecule has 0 aliphatic carbocycles. The second-order valence-corrected chi connectivity index (χ2v) is 6.93. The van der Waals surface area contributed by atoms with Gasteiger partial charge >= 0.3 is 0 Å². The maximum atomic E-state index is 5.30. The molecule has 3 aromatic carbocycles. The molecule has 1 aromatic heterocycles. The highest BCUT2D eigenvalue weighted by atomic mass is 79.9. The number of hydrogen-bond acceptors (Lipinski definition) is 1. The molecule has 0 radical (unpaired) electrons. The summed E-state index contributed by atoms with van der Waals surface area (Å²) in [6, 6.07) is 31.4. The fourth-order valence-corrected chi connectivity index (χ4v) is 3.39. The van der Waals surface area contributed by atoms with Gasteiger partial charge in [-0.25, -0.2) is 0 Å². The van der Waals surface area contributed by atoms with E-state index in [0.717, 1.165) is 27.2 Å². The van der Waals surface area contributed by atoms with Crippen LogP contribution in [0.15, 0.2) is 95.5 Å². The van der Waals surface area contributed by atoms with Crippen molar-refractivity contribution in [1.29, 1.82) is 0 Å². The van der Waals surface area contributed by atoms with Crippen LogP contribution in [0.1, 0.15) is 0 Å². The Balaban J connectivity index is 1.91. The Morgan fingerprint density at radius 3 is 1.81 bits per heavy atom. The summed E-state index contributed by atoms with van der Waals surface area (Å²) in [5, 5.41) is 0. The van der Waals surface area contributed by atoms with E-state index in [9.17, 15) is 0 Å². The topological polar surface area (TPSA) is 14.2 Å². The summed E-state index contributed by atoms with van der Waals surface area (Å²) in [5.74, 6) is 0.860. The van der Waals surface area contributed by atoms with Crippen molar-refractivity contribution >= 4 is 15.9 Å². The third kappa shape index (κ3) is 3.18. The van der Waals surface area contributed by atoms with Crippen LogP contribution < -0.4 is 4.74 Å². The molecule has 0 spiro atoms. The number of methoxy groups -OCH3 is 1. The summed E-state index contributed by atoms with van der Waals surface area (Å²) in [6.07, 6.45) is 0. The van der Waals surface area contributed by atoms with Gasteiger partial charge < -0.3 is 9.30 Å². The minimum absolute atomic E-state index is 0.860. The van der Waals surface area contributed by atoms with Crippen molar-refractivity contribution < 1.29 is 4.74 Å². The molecule has 128 valence electrons. The van der Waals surface area contributed by atoms with Gasteiger partial charge in [0.25, 0.3) is 0 Å². The van der Waals surface area contributed by atoms with Gasteiger partial charge in [-0.15, -0.1) is 0 Å². The van der Waals surface area contributed by atoms with E-state index in [4.69, 9.17) is 4.74 Å². The van der Waals surface area contributed by atoms with Crippen molar-refractivity contribution in [3.63, 3.8) is 0 Å². The average molecular weight is 404 g/mol. The molecule has 0 unspecified atom stereocenters. The van der Waals surface area contributed by atoms with E-state index < -0.39 is 0 Å². The summed E-state index contributed by atoms with van der Waals surface area (Å²) in [6.45, 7) is 0. The van der Waals surface area contributed by atoms with E-state index >= 15 is 0 Å². The van der Waals surface area contributed by atoms with E-state index in [1.807, 2.05) is 18.2 Å². The van der Waals surface area contributed by atoms with Gasteiger partial charge in [-0.05, 0) is 71.8 Å². The quantitative estimate of drug-likeness (QED) is 0.375. The smallest absolute Gasteiger partial charge is 0.118 e. The summed E-state index contributed by atoms with van der Waals surface area (Å²) in [7, 11) is 1.69. The van der Waals surface area contributed by atoms with Crippen LogP contribution in [0.5, 0.6) is 5.75 Å². The minimum atomic E-state index is 0.860. The zero-order chi connectivity index (χ0) is 17.9. The predicted octanol–water partition coefficient (Wildman–Crippen LogP) is 6.58. The normalized spacial score (nSPS) is 10.7. The Hall–Kier alpha value is -2.78. The molecule has 3 heteroatoms. The molecule has 2 nitrogen and oxygen atoms in total. The lowest BCUT2D eigenvalue weighted by Gasteiger charge is -2.15. The first-order valence-electron chi connectivity index (χ1n) is 8.44. The maximum Gasteiger partial charge on any atom is 0.118 e. The van der Waals surface area contributed by atoms with Gasteiger partial charge in [0.05, 0.1) is 18.5 Å². The van der Waals surface area contributed by atoms with Crippen molar-refractivity contribution in [2.75, 3.05) is 7.11 Å². The van der Waals surface area contributed by atoms with Gasteiger partial charge in [0, 0.05) is 10.2 Å². The first kappa shape index (κ1) is 16.7. The fraction of sp³-hybridized carbons (Fsp3) is 0.0435. The molecule has 4 rings (SSSR count). The molecule has 26 heavy (non-hydrogen) atoms. The van der Waals surface area contributed by atoms with Crippen LogP contribution >= 0.6 is 15.9 Å². The molecule has 0 N–H and O–H groups in total. The largest absolute Gasteiger partial charge is 0.497 e. The van der Waals surface area contributed by atoms with Crippen molar-refractivity contribution in [1.82, 2.24) is 4.57 Å². The van der Waals surface area contributed by atoms with Crippen LogP contribution in [-0.4, -0.2) is 11.7 Å². The number of ether oxygens (including phenoxy) is 1. The summed E-state index contributed by atoms with van der Waals surface area (Å²) < 4.78 is 8.66. The minimum Gasteiger partial charge on any atom is -0.497 e. The highest BCUT2D eigenvalue weighted by Gasteiger charge is 2.13. The Morgan fingerprint density at radius 1 is 0.654 bits per heavy atom. The van der Waals surface area contributed by atoms with Gasteiger partial charge in [0.15, 0.2) is 0 Å². The average Bonchev–Trinajstić information content (AvgIpc) is 3.14. The van der Waals surface area contributed by atoms with Gasteiger partial charge in [0.2, 0.25) is 0 Å². The molecule has 0 atom stereocenters. The highest BCUT2D eigenvalue weighted by Crippen LogP contribution is 2.33. The summed E-state index contributed by atoms with van der Waals surface area (Å²) >= 11 is 3.53. The number of hydrogen-bond donors (Lipinski definition) is 0. The van der Waals surface area contributed by atoms with E-state index in [2.05, 4.69) is 93.3 Å². The molecular weight excluding hydrogens is 386 g/mol. The lowest BCUT2D eigenvalue weighted by molar-refractivity contribution is 0.415. The fourth-order valence-electron chi connectivity index (χ4n) is 3.13. The SMILES string of the molecule is COc1ccc(-c2ccc(-c3ccccc3)n2-c2ccc(Br)cc2)cc1. The molecule has 0 bridgehead atoms. The van der Waals surface area contributed by atoms with Gasteiger partial charge in [-0.1, -0.05) is 46.3 Å². The Kier molecular flexibility index (Phi) is 4.63. The highest BCUT2D eigenvalue weighted by molar-refractivity contribution is 9.10. The van der Waals surface area contributed by atoms with Crippen molar-refractivity contribution in [3.8, 4) is 34.0 Å². The molecule has 0 saturated carbocycles. The van der Waals surface area contributed by atoms with Crippen molar-refractivity contribution in [3.05, 3.63) is 95.5 Å². The molecule has 0 fully saturated rings. The summed E-state index contributed by atoms with van der Waals surface area (Å²) in [4.78, 5) is 0. The van der Waals surface area contributed by atoms with E-state index in [0.29, 0.717) is 0 Å². The number of benzene rings is 3. The van der Waals surface area contributed by atoms with Crippen molar-refractivity contribution in [2.24, 2.45) is 0 Å². The maximum absolute atomic E-state index is 5.30. The van der Waals surface area contributed by atoms with E-state index in [1.165, 1.54) is 11.3 Å². The third-order valence-corrected chi connectivity index (χ3v) is 4.95. The summed E-state index contributed by atoms with van der Waals surface area (Å²) in [5.41, 5.74) is 5.78. The van der Waals surface area contributed by atoms with Gasteiger partial charge in [-0.2, -0.15) is 0 Å². The first-order valence-corrected chi connectivity index (χ1v) is 9.23. The predicted molar refractivity (Wildman–Crippen MR) is 111 cm³/mol. The van der Waals surface area contributed by atoms with Crippen LogP contribution in [0.25, 0.3) is 28.2 Å². The molecule has 0 aliphatic heterocycles. The van der Waals surface area contributed by atoms with Gasteiger partial charge in [-0.3, -0.25) is 0 Å².